The van der Waals surface area contributed by atoms with Crippen molar-refractivity contribution in [2.45, 2.75) is 0 Å². The van der Waals surface area contributed by atoms with E-state index in [0.717, 1.165) is 72.1 Å². The van der Waals surface area contributed by atoms with Crippen LogP contribution in [0.3, 0.4) is 0 Å². The third-order valence-electron chi connectivity index (χ3n) is 12.0. The zero-order valence-electron chi connectivity index (χ0n) is 33.6. The predicted molar refractivity (Wildman–Crippen MR) is 256 cm³/mol. The number of benzene rings is 9. The van der Waals surface area contributed by atoms with Crippen LogP contribution in [0.25, 0.3) is 117 Å². The Kier molecular flexibility index (Phi) is 8.42. The molecule has 290 valence electrons. The van der Waals surface area contributed by atoms with Crippen LogP contribution in [-0.2, 0) is 0 Å². The van der Waals surface area contributed by atoms with Gasteiger partial charge in [-0.2, -0.15) is 0 Å². The van der Waals surface area contributed by atoms with Gasteiger partial charge in [0.05, 0.1) is 11.0 Å². The van der Waals surface area contributed by atoms with Gasteiger partial charge in [-0.15, -0.1) is 0 Å². The summed E-state index contributed by atoms with van der Waals surface area (Å²) < 4.78 is 2.39. The molecule has 0 spiro atoms. The van der Waals surface area contributed by atoms with Crippen LogP contribution in [0.5, 0.6) is 0 Å². The highest BCUT2D eigenvalue weighted by atomic mass is 15.0. The topological polar surface area (TPSA) is 59.4 Å². The Hall–Kier alpha value is -8.41. The summed E-state index contributed by atoms with van der Waals surface area (Å²) in [5, 5.41) is 4.77. The van der Waals surface area contributed by atoms with Crippen molar-refractivity contribution < 1.29 is 0 Å². The maximum absolute atomic E-state index is 5.31. The minimum atomic E-state index is 0.608. The zero-order valence-corrected chi connectivity index (χ0v) is 33.6. The summed E-state index contributed by atoms with van der Waals surface area (Å²) >= 11 is 0. The van der Waals surface area contributed by atoms with E-state index in [9.17, 15) is 0 Å². The molecule has 3 aromatic heterocycles. The average Bonchev–Trinajstić information content (AvgIpc) is 3.91. The molecule has 0 aliphatic carbocycles. The number of fused-ring (bicyclic) bond motifs is 7. The first-order valence-corrected chi connectivity index (χ1v) is 20.9. The van der Waals surface area contributed by atoms with Gasteiger partial charge in [-0.25, -0.2) is 15.0 Å². The summed E-state index contributed by atoms with van der Waals surface area (Å²) in [4.78, 5) is 19.5. The highest BCUT2D eigenvalue weighted by molar-refractivity contribution is 6.30. The Labute approximate surface area is 358 Å². The molecule has 0 aliphatic rings. The van der Waals surface area contributed by atoms with Crippen molar-refractivity contribution in [3.05, 3.63) is 218 Å². The highest BCUT2D eigenvalue weighted by Gasteiger charge is 2.23. The fourth-order valence-electron chi connectivity index (χ4n) is 9.16. The van der Waals surface area contributed by atoms with Gasteiger partial charge in [-0.05, 0) is 81.9 Å². The second-order valence-corrected chi connectivity index (χ2v) is 15.7. The number of aromatic nitrogens is 5. The van der Waals surface area contributed by atoms with E-state index in [4.69, 9.17) is 15.0 Å². The van der Waals surface area contributed by atoms with Crippen molar-refractivity contribution in [1.29, 1.82) is 0 Å². The van der Waals surface area contributed by atoms with Gasteiger partial charge < -0.3 is 9.55 Å². The normalized spacial score (nSPS) is 11.5. The van der Waals surface area contributed by atoms with E-state index < -0.39 is 0 Å². The largest absolute Gasteiger partial charge is 0.354 e. The molecule has 0 bridgehead atoms. The third-order valence-corrected chi connectivity index (χ3v) is 12.0. The maximum atomic E-state index is 5.31. The highest BCUT2D eigenvalue weighted by Crippen LogP contribution is 2.45. The second-order valence-electron chi connectivity index (χ2n) is 15.7. The minimum Gasteiger partial charge on any atom is -0.354 e. The van der Waals surface area contributed by atoms with Crippen LogP contribution in [0.2, 0.25) is 0 Å². The van der Waals surface area contributed by atoms with Gasteiger partial charge in [-0.3, -0.25) is 0 Å². The Balaban J connectivity index is 1.16. The molecule has 5 heteroatoms. The van der Waals surface area contributed by atoms with Gasteiger partial charge >= 0.3 is 0 Å². The summed E-state index contributed by atoms with van der Waals surface area (Å²) in [6, 6.07) is 76.9. The summed E-state index contributed by atoms with van der Waals surface area (Å²) in [5.74, 6) is 1.85. The standard InChI is InChI=1S/C57H37N5/c1-5-17-37(18-6-1)40-23-15-24-41(35-40)42-31-32-44(47(36-42)57-60-55(38-19-7-2-8-20-38)59-56(61-57)39-21-9-3-10-22-39)45-28-16-29-48-52(45)54-49(58-48)33-34-51-53(54)46-27-13-14-30-50(46)62(51)43-25-11-4-12-26-43/h1-36,58H. The fourth-order valence-corrected chi connectivity index (χ4v) is 9.16. The van der Waals surface area contributed by atoms with Crippen LogP contribution in [-0.4, -0.2) is 24.5 Å². The van der Waals surface area contributed by atoms with E-state index in [1.807, 2.05) is 36.4 Å². The van der Waals surface area contributed by atoms with Crippen molar-refractivity contribution in [2.24, 2.45) is 0 Å². The molecule has 0 saturated carbocycles. The lowest BCUT2D eigenvalue weighted by atomic mass is 9.90. The maximum Gasteiger partial charge on any atom is 0.164 e. The summed E-state index contributed by atoms with van der Waals surface area (Å²) in [6.07, 6.45) is 0. The molecule has 0 radical (unpaired) electrons. The second kappa shape index (κ2) is 14.7. The monoisotopic (exact) mass is 791 g/mol. The van der Waals surface area contributed by atoms with Crippen LogP contribution in [0, 0.1) is 0 Å². The number of nitrogens with one attached hydrogen (secondary N) is 1. The summed E-state index contributed by atoms with van der Waals surface area (Å²) in [7, 11) is 0. The van der Waals surface area contributed by atoms with E-state index in [1.54, 1.807) is 0 Å². The first-order chi connectivity index (χ1) is 30.7. The Morgan fingerprint density at radius 2 is 0.855 bits per heavy atom. The van der Waals surface area contributed by atoms with E-state index in [0.29, 0.717) is 17.5 Å². The number of H-pyrrole nitrogens is 1. The molecule has 0 fully saturated rings. The molecular formula is C57H37N5. The number of nitrogens with zero attached hydrogens (tertiary/aromatic N) is 4. The van der Waals surface area contributed by atoms with Crippen LogP contribution in [0.1, 0.15) is 0 Å². The van der Waals surface area contributed by atoms with Crippen molar-refractivity contribution in [3.63, 3.8) is 0 Å². The first-order valence-electron chi connectivity index (χ1n) is 20.9. The fraction of sp³-hybridized carbons (Fsp3) is 0. The molecule has 12 rings (SSSR count). The predicted octanol–water partition coefficient (Wildman–Crippen LogP) is 14.6. The molecule has 0 unspecified atom stereocenters. The van der Waals surface area contributed by atoms with Crippen molar-refractivity contribution in [3.8, 4) is 73.2 Å². The van der Waals surface area contributed by atoms with E-state index in [1.165, 1.54) is 27.2 Å². The lowest BCUT2D eigenvalue weighted by molar-refractivity contribution is 1.07. The third kappa shape index (κ3) is 5.98. The number of hydrogen-bond acceptors (Lipinski definition) is 3. The molecule has 5 nitrogen and oxygen atoms in total. The SMILES string of the molecule is c1ccc(-c2cccc(-c3ccc(-c4cccc5[nH]c6ccc7c(c8ccccc8n7-c7ccccc7)c6c45)c(-c4nc(-c5ccccc5)nc(-c5ccccc5)n4)c3)c2)cc1. The summed E-state index contributed by atoms with van der Waals surface area (Å²) in [6.45, 7) is 0. The van der Waals surface area contributed by atoms with Gasteiger partial charge in [-0.1, -0.05) is 170 Å². The van der Waals surface area contributed by atoms with Gasteiger partial charge in [0.1, 0.15) is 0 Å². The van der Waals surface area contributed by atoms with Gasteiger partial charge in [0.2, 0.25) is 0 Å². The van der Waals surface area contributed by atoms with Crippen molar-refractivity contribution in [2.75, 3.05) is 0 Å². The number of hydrogen-bond donors (Lipinski definition) is 1. The Morgan fingerprint density at radius 1 is 0.306 bits per heavy atom. The van der Waals surface area contributed by atoms with Crippen molar-refractivity contribution in [1.82, 2.24) is 24.5 Å². The number of aromatic amines is 1. The smallest absolute Gasteiger partial charge is 0.164 e. The zero-order chi connectivity index (χ0) is 41.0. The van der Waals surface area contributed by atoms with Gasteiger partial charge in [0.15, 0.2) is 17.5 Å². The lowest BCUT2D eigenvalue weighted by Crippen LogP contribution is -2.01. The molecular weight excluding hydrogens is 755 g/mol. The molecule has 0 amide bonds. The van der Waals surface area contributed by atoms with Gasteiger partial charge in [0, 0.05) is 55.0 Å². The van der Waals surface area contributed by atoms with Crippen molar-refractivity contribution >= 4 is 43.6 Å². The Bertz CT molecular complexity index is 3550. The molecule has 0 saturated heterocycles. The quantitative estimate of drug-likeness (QED) is 0.175. The first kappa shape index (κ1) is 35.5. The van der Waals surface area contributed by atoms with Crippen LogP contribution < -0.4 is 0 Å². The average molecular weight is 792 g/mol. The molecule has 9 aromatic carbocycles. The van der Waals surface area contributed by atoms with Gasteiger partial charge in [0.25, 0.3) is 0 Å². The van der Waals surface area contributed by atoms with Crippen LogP contribution in [0.15, 0.2) is 218 Å². The minimum absolute atomic E-state index is 0.608. The molecule has 0 atom stereocenters. The van der Waals surface area contributed by atoms with E-state index >= 15 is 0 Å². The number of rotatable bonds is 7. The Morgan fingerprint density at radius 3 is 1.56 bits per heavy atom. The molecule has 0 aliphatic heterocycles. The number of para-hydroxylation sites is 2. The molecule has 3 heterocycles. The van der Waals surface area contributed by atoms with Crippen LogP contribution >= 0.6 is 0 Å². The molecule has 12 aromatic rings. The van der Waals surface area contributed by atoms with E-state index in [-0.39, 0.29) is 0 Å². The lowest BCUT2D eigenvalue weighted by Gasteiger charge is -2.15. The van der Waals surface area contributed by atoms with Crippen LogP contribution in [0.4, 0.5) is 0 Å². The van der Waals surface area contributed by atoms with E-state index in [2.05, 4.69) is 192 Å². The molecule has 62 heavy (non-hydrogen) atoms. The molecule has 1 N–H and O–H groups in total. The summed E-state index contributed by atoms with van der Waals surface area (Å²) in [5.41, 5.74) is 15.0.